The van der Waals surface area contributed by atoms with Gasteiger partial charge in [-0.25, -0.2) is 0 Å². The summed E-state index contributed by atoms with van der Waals surface area (Å²) in [5.41, 5.74) is 3.21. The van der Waals surface area contributed by atoms with Gasteiger partial charge in [0.1, 0.15) is 0 Å². The van der Waals surface area contributed by atoms with Gasteiger partial charge in [0.2, 0.25) is 0 Å². The zero-order chi connectivity index (χ0) is 18.7. The number of aliphatic hydroxyl groups is 2. The molecule has 4 rings (SSSR count). The van der Waals surface area contributed by atoms with Crippen molar-refractivity contribution in [3.8, 4) is 0 Å². The van der Waals surface area contributed by atoms with E-state index in [2.05, 4.69) is 39.8 Å². The third-order valence-electron chi connectivity index (χ3n) is 9.15. The monoisotopic (exact) mass is 358 g/mol. The number of allylic oxidation sites excluding steroid dienone is 3. The molecule has 2 N–H and O–H groups in total. The van der Waals surface area contributed by atoms with Gasteiger partial charge in [-0.1, -0.05) is 63.8 Å². The van der Waals surface area contributed by atoms with Crippen molar-refractivity contribution in [1.82, 2.24) is 0 Å². The molecule has 0 aromatic rings. The molecule has 2 heteroatoms. The van der Waals surface area contributed by atoms with E-state index < -0.39 is 6.10 Å². The second-order valence-corrected chi connectivity index (χ2v) is 10.4. The van der Waals surface area contributed by atoms with Crippen molar-refractivity contribution in [2.75, 3.05) is 0 Å². The van der Waals surface area contributed by atoms with Crippen LogP contribution in [0.5, 0.6) is 0 Å². The minimum atomic E-state index is -0.410. The highest BCUT2D eigenvalue weighted by atomic mass is 16.3. The summed E-state index contributed by atoms with van der Waals surface area (Å²) in [6.07, 6.45) is 13.0. The number of rotatable bonds is 3. The van der Waals surface area contributed by atoms with Crippen molar-refractivity contribution in [2.45, 2.75) is 91.3 Å². The number of hydrogen-bond acceptors (Lipinski definition) is 2. The van der Waals surface area contributed by atoms with E-state index >= 15 is 0 Å². The molecule has 0 amide bonds. The molecule has 2 unspecified atom stereocenters. The summed E-state index contributed by atoms with van der Waals surface area (Å²) in [4.78, 5) is 0. The van der Waals surface area contributed by atoms with Gasteiger partial charge in [-0.05, 0) is 61.2 Å². The maximum atomic E-state index is 11.0. The predicted octanol–water partition coefficient (Wildman–Crippen LogP) is 5.25. The lowest BCUT2D eigenvalue weighted by molar-refractivity contribution is -0.0544. The summed E-state index contributed by atoms with van der Waals surface area (Å²) in [5, 5.41) is 21.1. The Balaban J connectivity index is 1.67. The topological polar surface area (TPSA) is 40.5 Å². The van der Waals surface area contributed by atoms with Crippen molar-refractivity contribution in [3.63, 3.8) is 0 Å². The molecule has 0 aliphatic heterocycles. The molecular formula is C24H38O2. The van der Waals surface area contributed by atoms with Crippen LogP contribution in [-0.2, 0) is 0 Å². The standard InChI is InChI=1S/C24H38O2/c1-5-6-15(2)19-9-10-20-18-8-7-16-13-17(25)14-22(26)24(16,4)21(18)11-12-23(19,20)3/h7-8,15,17,19-22,25-26H,5-6,9-14H2,1-4H3/t15-,17?,19-,20+,21+,22?,23-,24+/m1/s1. The smallest absolute Gasteiger partial charge is 0.0661 e. The Morgan fingerprint density at radius 1 is 1.12 bits per heavy atom. The molecule has 4 aliphatic carbocycles. The van der Waals surface area contributed by atoms with Crippen LogP contribution in [-0.4, -0.2) is 22.4 Å². The summed E-state index contributed by atoms with van der Waals surface area (Å²) in [6, 6.07) is 0. The van der Waals surface area contributed by atoms with Gasteiger partial charge in [0.05, 0.1) is 12.2 Å². The van der Waals surface area contributed by atoms with Crippen molar-refractivity contribution in [2.24, 2.45) is 34.5 Å². The normalized spacial score (nSPS) is 48.8. The first-order valence-electron chi connectivity index (χ1n) is 11.1. The third kappa shape index (κ3) is 2.51. The lowest BCUT2D eigenvalue weighted by Crippen LogP contribution is -2.52. The molecule has 0 spiro atoms. The Labute approximate surface area is 159 Å². The zero-order valence-corrected chi connectivity index (χ0v) is 17.2. The Hall–Kier alpha value is -0.600. The molecule has 3 fully saturated rings. The average Bonchev–Trinajstić information content (AvgIpc) is 2.94. The highest BCUT2D eigenvalue weighted by Gasteiger charge is 2.58. The molecule has 26 heavy (non-hydrogen) atoms. The fourth-order valence-corrected chi connectivity index (χ4v) is 7.68. The largest absolute Gasteiger partial charge is 0.393 e. The van der Waals surface area contributed by atoms with Gasteiger partial charge >= 0.3 is 0 Å². The van der Waals surface area contributed by atoms with E-state index in [1.165, 1.54) is 44.1 Å². The van der Waals surface area contributed by atoms with E-state index in [-0.39, 0.29) is 11.5 Å². The van der Waals surface area contributed by atoms with Crippen molar-refractivity contribution in [3.05, 3.63) is 23.3 Å². The van der Waals surface area contributed by atoms with Crippen molar-refractivity contribution >= 4 is 0 Å². The molecule has 0 heterocycles. The van der Waals surface area contributed by atoms with Crippen LogP contribution in [0.15, 0.2) is 23.3 Å². The van der Waals surface area contributed by atoms with Gasteiger partial charge in [0, 0.05) is 11.8 Å². The molecule has 2 nitrogen and oxygen atoms in total. The van der Waals surface area contributed by atoms with Crippen LogP contribution in [0.3, 0.4) is 0 Å². The predicted molar refractivity (Wildman–Crippen MR) is 107 cm³/mol. The highest BCUT2D eigenvalue weighted by molar-refractivity contribution is 5.40. The first-order valence-corrected chi connectivity index (χ1v) is 11.1. The van der Waals surface area contributed by atoms with Crippen molar-refractivity contribution < 1.29 is 10.2 Å². The van der Waals surface area contributed by atoms with Gasteiger partial charge < -0.3 is 10.2 Å². The van der Waals surface area contributed by atoms with Gasteiger partial charge in [-0.3, -0.25) is 0 Å². The summed E-state index contributed by atoms with van der Waals surface area (Å²) in [6.45, 7) is 9.65. The number of aliphatic hydroxyl groups excluding tert-OH is 2. The van der Waals surface area contributed by atoms with Crippen LogP contribution in [0.25, 0.3) is 0 Å². The molecule has 0 bridgehead atoms. The fraction of sp³-hybridized carbons (Fsp3) is 0.833. The van der Waals surface area contributed by atoms with E-state index in [0.29, 0.717) is 23.7 Å². The minimum Gasteiger partial charge on any atom is -0.393 e. The van der Waals surface area contributed by atoms with Gasteiger partial charge in [0.15, 0.2) is 0 Å². The second-order valence-electron chi connectivity index (χ2n) is 10.4. The summed E-state index contributed by atoms with van der Waals surface area (Å²) in [7, 11) is 0. The molecule has 146 valence electrons. The highest BCUT2D eigenvalue weighted by Crippen LogP contribution is 2.66. The molecule has 8 atom stereocenters. The second kappa shape index (κ2) is 6.48. The Kier molecular flexibility index (Phi) is 4.67. The van der Waals surface area contributed by atoms with Crippen LogP contribution < -0.4 is 0 Å². The van der Waals surface area contributed by atoms with E-state index in [9.17, 15) is 10.2 Å². The molecule has 0 saturated heterocycles. The maximum absolute atomic E-state index is 11.0. The lowest BCUT2D eigenvalue weighted by Gasteiger charge is -2.56. The third-order valence-corrected chi connectivity index (χ3v) is 9.15. The molecule has 0 radical (unpaired) electrons. The van der Waals surface area contributed by atoms with Crippen LogP contribution >= 0.6 is 0 Å². The first-order chi connectivity index (χ1) is 12.3. The fourth-order valence-electron chi connectivity index (χ4n) is 7.68. The van der Waals surface area contributed by atoms with Gasteiger partial charge in [-0.15, -0.1) is 0 Å². The van der Waals surface area contributed by atoms with E-state index in [1.54, 1.807) is 5.57 Å². The Morgan fingerprint density at radius 2 is 1.88 bits per heavy atom. The number of fused-ring (bicyclic) bond motifs is 5. The first kappa shape index (κ1) is 18.7. The SMILES string of the molecule is CCC[C@@H](C)[C@H]1CC[C@H]2C3=CC=C4CC(O)CC(O)[C@]4(C)[C@H]3CC[C@]12C. The van der Waals surface area contributed by atoms with Crippen LogP contribution in [0.1, 0.15) is 79.1 Å². The summed E-state index contributed by atoms with van der Waals surface area (Å²) < 4.78 is 0. The summed E-state index contributed by atoms with van der Waals surface area (Å²) in [5.74, 6) is 2.85. The van der Waals surface area contributed by atoms with E-state index in [1.807, 2.05) is 0 Å². The lowest BCUT2D eigenvalue weighted by atomic mass is 9.49. The average molecular weight is 359 g/mol. The van der Waals surface area contributed by atoms with E-state index in [0.717, 1.165) is 18.3 Å². The number of hydrogen-bond donors (Lipinski definition) is 2. The van der Waals surface area contributed by atoms with Crippen molar-refractivity contribution in [1.29, 1.82) is 0 Å². The van der Waals surface area contributed by atoms with Crippen LogP contribution in [0.2, 0.25) is 0 Å². The zero-order valence-electron chi connectivity index (χ0n) is 17.2. The quantitative estimate of drug-likeness (QED) is 0.723. The van der Waals surface area contributed by atoms with E-state index in [4.69, 9.17) is 0 Å². The van der Waals surface area contributed by atoms with Crippen LogP contribution in [0, 0.1) is 34.5 Å². The maximum Gasteiger partial charge on any atom is 0.0661 e. The molecule has 0 aromatic carbocycles. The Bertz CT molecular complexity index is 620. The molecular weight excluding hydrogens is 320 g/mol. The molecule has 3 saturated carbocycles. The van der Waals surface area contributed by atoms with Gasteiger partial charge in [0.25, 0.3) is 0 Å². The molecule has 0 aromatic heterocycles. The van der Waals surface area contributed by atoms with Gasteiger partial charge in [-0.2, -0.15) is 0 Å². The Morgan fingerprint density at radius 3 is 2.62 bits per heavy atom. The van der Waals surface area contributed by atoms with Crippen LogP contribution in [0.4, 0.5) is 0 Å². The summed E-state index contributed by atoms with van der Waals surface area (Å²) >= 11 is 0. The minimum absolute atomic E-state index is 0.155. The molecule has 4 aliphatic rings.